The van der Waals surface area contributed by atoms with Crippen molar-refractivity contribution in [3.05, 3.63) is 29.3 Å². The number of carboxylic acids is 1. The van der Waals surface area contributed by atoms with Gasteiger partial charge in [-0.15, -0.1) is 0 Å². The van der Waals surface area contributed by atoms with Crippen molar-refractivity contribution in [1.82, 2.24) is 5.32 Å². The molecule has 1 aromatic rings. The van der Waals surface area contributed by atoms with E-state index < -0.39 is 47.0 Å². The Kier molecular flexibility index (Phi) is 5.94. The van der Waals surface area contributed by atoms with E-state index in [9.17, 15) is 27.6 Å². The van der Waals surface area contributed by atoms with Crippen LogP contribution < -0.4 is 10.6 Å². The van der Waals surface area contributed by atoms with Crippen LogP contribution in [0, 0.1) is 5.92 Å². The van der Waals surface area contributed by atoms with Gasteiger partial charge < -0.3 is 15.7 Å². The molecule has 0 aliphatic heterocycles. The smallest absolute Gasteiger partial charge is 0.416 e. The highest BCUT2D eigenvalue weighted by Gasteiger charge is 2.32. The molecule has 0 bridgehead atoms. The van der Waals surface area contributed by atoms with Gasteiger partial charge in [-0.3, -0.25) is 9.59 Å². The van der Waals surface area contributed by atoms with E-state index in [-0.39, 0.29) is 5.69 Å². The van der Waals surface area contributed by atoms with Crippen molar-refractivity contribution < 1.29 is 32.7 Å². The molecule has 1 rings (SSSR count). The van der Waals surface area contributed by atoms with Crippen molar-refractivity contribution in [2.75, 3.05) is 5.32 Å². The molecular weight excluding hydrogens is 329 g/mol. The number of hydrogen-bond acceptors (Lipinski definition) is 3. The summed E-state index contributed by atoms with van der Waals surface area (Å²) in [4.78, 5) is 34.3. The maximum Gasteiger partial charge on any atom is 0.416 e. The lowest BCUT2D eigenvalue weighted by molar-refractivity contribution is -0.140. The average Bonchev–Trinajstić information content (AvgIpc) is 2.41. The van der Waals surface area contributed by atoms with E-state index in [2.05, 4.69) is 10.6 Å². The number of rotatable bonds is 5. The van der Waals surface area contributed by atoms with Gasteiger partial charge in [-0.05, 0) is 24.1 Å². The number of hydrogen-bond donors (Lipinski definition) is 3. The molecule has 0 fully saturated rings. The zero-order valence-electron chi connectivity index (χ0n) is 13.2. The van der Waals surface area contributed by atoms with Gasteiger partial charge in [0.05, 0.1) is 5.56 Å². The molecule has 0 spiro atoms. The van der Waals surface area contributed by atoms with Gasteiger partial charge in [-0.25, -0.2) is 4.79 Å². The lowest BCUT2D eigenvalue weighted by Crippen LogP contribution is -2.44. The number of halogens is 3. The molecule has 3 N–H and O–H groups in total. The van der Waals surface area contributed by atoms with Crippen LogP contribution in [-0.4, -0.2) is 28.9 Å². The molecule has 0 unspecified atom stereocenters. The number of carbonyl (C=O) groups is 3. The number of carboxylic acid groups (broad SMARTS) is 1. The average molecular weight is 346 g/mol. The van der Waals surface area contributed by atoms with Gasteiger partial charge in [-0.2, -0.15) is 13.2 Å². The van der Waals surface area contributed by atoms with Crippen LogP contribution in [0.3, 0.4) is 0 Å². The predicted octanol–water partition coefficient (Wildman–Crippen LogP) is 2.50. The maximum absolute atomic E-state index is 12.9. The monoisotopic (exact) mass is 346 g/mol. The number of carbonyl (C=O) groups excluding carboxylic acids is 2. The van der Waals surface area contributed by atoms with Crippen LogP contribution in [0.15, 0.2) is 18.2 Å². The molecule has 2 amide bonds. The van der Waals surface area contributed by atoms with Gasteiger partial charge in [0.2, 0.25) is 5.91 Å². The third-order valence-electron chi connectivity index (χ3n) is 3.06. The fraction of sp³-hybridized carbons (Fsp3) is 0.400. The highest BCUT2D eigenvalue weighted by atomic mass is 19.4. The summed E-state index contributed by atoms with van der Waals surface area (Å²) in [6.45, 7) is 4.21. The predicted molar refractivity (Wildman–Crippen MR) is 79.5 cm³/mol. The number of anilines is 1. The highest BCUT2D eigenvalue weighted by Crippen LogP contribution is 2.32. The topological polar surface area (TPSA) is 95.5 Å². The van der Waals surface area contributed by atoms with Gasteiger partial charge in [0.25, 0.3) is 5.91 Å². The van der Waals surface area contributed by atoms with E-state index in [4.69, 9.17) is 5.11 Å². The van der Waals surface area contributed by atoms with E-state index in [1.807, 2.05) is 0 Å². The third kappa shape index (κ3) is 5.25. The zero-order valence-corrected chi connectivity index (χ0v) is 13.2. The SMILES string of the molecule is CC(=O)Nc1cc(C(=O)N[C@@H](C(=O)O)C(C)C)cc(C(F)(F)F)c1. The molecule has 9 heteroatoms. The Hall–Kier alpha value is -2.58. The number of alkyl halides is 3. The Morgan fingerprint density at radius 3 is 2.12 bits per heavy atom. The largest absolute Gasteiger partial charge is 0.480 e. The van der Waals surface area contributed by atoms with Crippen molar-refractivity contribution in [3.8, 4) is 0 Å². The standard InChI is InChI=1S/C15H17F3N2O4/c1-7(2)12(14(23)24)20-13(22)9-4-10(15(16,17)18)6-11(5-9)19-8(3)21/h4-7,12H,1-3H3,(H,19,21)(H,20,22)(H,23,24)/t12-/m1/s1. The van der Waals surface area contributed by atoms with Crippen LogP contribution in [0.4, 0.5) is 18.9 Å². The molecule has 0 aliphatic carbocycles. The minimum atomic E-state index is -4.73. The second-order valence-corrected chi connectivity index (χ2v) is 5.51. The third-order valence-corrected chi connectivity index (χ3v) is 3.06. The molecule has 1 aromatic carbocycles. The molecule has 24 heavy (non-hydrogen) atoms. The first-order valence-electron chi connectivity index (χ1n) is 6.95. The molecule has 0 heterocycles. The molecular formula is C15H17F3N2O4. The number of benzene rings is 1. The quantitative estimate of drug-likeness (QED) is 0.763. The summed E-state index contributed by atoms with van der Waals surface area (Å²) in [5.74, 6) is -3.35. The summed E-state index contributed by atoms with van der Waals surface area (Å²) in [5.41, 5.74) is -1.74. The first kappa shape index (κ1) is 19.5. The molecule has 0 aromatic heterocycles. The van der Waals surface area contributed by atoms with Crippen LogP contribution >= 0.6 is 0 Å². The van der Waals surface area contributed by atoms with Crippen LogP contribution in [0.5, 0.6) is 0 Å². The van der Waals surface area contributed by atoms with Crippen LogP contribution in [0.25, 0.3) is 0 Å². The Bertz CT molecular complexity index is 657. The Morgan fingerprint density at radius 1 is 1.12 bits per heavy atom. The van der Waals surface area contributed by atoms with Crippen molar-refractivity contribution in [2.24, 2.45) is 5.92 Å². The van der Waals surface area contributed by atoms with Gasteiger partial charge in [0, 0.05) is 18.2 Å². The van der Waals surface area contributed by atoms with Crippen LogP contribution in [0.2, 0.25) is 0 Å². The lowest BCUT2D eigenvalue weighted by atomic mass is 10.0. The molecule has 1 atom stereocenters. The van der Waals surface area contributed by atoms with Crippen molar-refractivity contribution >= 4 is 23.5 Å². The Morgan fingerprint density at radius 2 is 1.71 bits per heavy atom. The summed E-state index contributed by atoms with van der Waals surface area (Å²) in [6, 6.07) is 1.08. The summed E-state index contributed by atoms with van der Waals surface area (Å²) >= 11 is 0. The van der Waals surface area contributed by atoms with Gasteiger partial charge in [-0.1, -0.05) is 13.8 Å². The maximum atomic E-state index is 12.9. The van der Waals surface area contributed by atoms with Gasteiger partial charge in [0.1, 0.15) is 6.04 Å². The molecule has 0 saturated carbocycles. The second kappa shape index (κ2) is 7.33. The minimum Gasteiger partial charge on any atom is -0.480 e. The summed E-state index contributed by atoms with van der Waals surface area (Å²) in [6.07, 6.45) is -4.73. The molecule has 0 radical (unpaired) electrons. The molecule has 6 nitrogen and oxygen atoms in total. The Balaban J connectivity index is 3.23. The van der Waals surface area contributed by atoms with Crippen molar-refractivity contribution in [1.29, 1.82) is 0 Å². The summed E-state index contributed by atoms with van der Waals surface area (Å²) in [7, 11) is 0. The summed E-state index contributed by atoms with van der Waals surface area (Å²) in [5, 5.41) is 13.4. The summed E-state index contributed by atoms with van der Waals surface area (Å²) < 4.78 is 38.8. The van der Waals surface area contributed by atoms with E-state index >= 15 is 0 Å². The van der Waals surface area contributed by atoms with E-state index in [0.29, 0.717) is 12.1 Å². The first-order valence-corrected chi connectivity index (χ1v) is 6.95. The zero-order chi connectivity index (χ0) is 18.7. The number of amides is 2. The van der Waals surface area contributed by atoms with Crippen LogP contribution in [0.1, 0.15) is 36.7 Å². The Labute approximate surface area is 136 Å². The molecule has 0 saturated heterocycles. The minimum absolute atomic E-state index is 0.209. The molecule has 132 valence electrons. The number of nitrogens with one attached hydrogen (secondary N) is 2. The van der Waals surface area contributed by atoms with E-state index in [1.54, 1.807) is 13.8 Å². The lowest BCUT2D eigenvalue weighted by Gasteiger charge is -2.19. The first-order chi connectivity index (χ1) is 10.9. The fourth-order valence-electron chi connectivity index (χ4n) is 1.94. The van der Waals surface area contributed by atoms with Crippen LogP contribution in [-0.2, 0) is 15.8 Å². The van der Waals surface area contributed by atoms with Gasteiger partial charge >= 0.3 is 12.1 Å². The van der Waals surface area contributed by atoms with Crippen molar-refractivity contribution in [2.45, 2.75) is 33.0 Å². The van der Waals surface area contributed by atoms with E-state index in [1.165, 1.54) is 0 Å². The number of aliphatic carboxylic acids is 1. The van der Waals surface area contributed by atoms with Gasteiger partial charge in [0.15, 0.2) is 0 Å². The molecule has 0 aliphatic rings. The normalized spacial score (nSPS) is 12.6. The highest BCUT2D eigenvalue weighted by molar-refractivity contribution is 5.98. The fourth-order valence-corrected chi connectivity index (χ4v) is 1.94. The second-order valence-electron chi connectivity index (χ2n) is 5.51. The van der Waals surface area contributed by atoms with E-state index in [0.717, 1.165) is 13.0 Å². The van der Waals surface area contributed by atoms with Crippen molar-refractivity contribution in [3.63, 3.8) is 0 Å².